The van der Waals surface area contributed by atoms with E-state index in [9.17, 15) is 0 Å². The number of nitrogen functional groups attached to an aromatic ring is 1. The Bertz CT molecular complexity index is 540. The average molecular weight is 243 g/mol. The molecule has 4 heteroatoms. The van der Waals surface area contributed by atoms with Crippen molar-refractivity contribution >= 4 is 17.2 Å². The van der Waals surface area contributed by atoms with Crippen LogP contribution >= 0.6 is 0 Å². The van der Waals surface area contributed by atoms with E-state index in [4.69, 9.17) is 10.5 Å². The number of hydrogen-bond acceptors (Lipinski definition) is 4. The van der Waals surface area contributed by atoms with Crippen LogP contribution in [-0.4, -0.2) is 12.1 Å². The van der Waals surface area contributed by atoms with Crippen molar-refractivity contribution in [3.05, 3.63) is 47.7 Å². The van der Waals surface area contributed by atoms with E-state index in [0.717, 1.165) is 16.9 Å². The third kappa shape index (κ3) is 2.78. The number of nitrogens with one attached hydrogen (secondary N) is 1. The normalized spacial score (nSPS) is 10.3. The molecule has 0 fully saturated rings. The Morgan fingerprint density at radius 2 is 2.00 bits per heavy atom. The van der Waals surface area contributed by atoms with Crippen molar-refractivity contribution in [2.75, 3.05) is 18.2 Å². The molecule has 0 amide bonds. The molecule has 0 spiro atoms. The molecule has 1 aromatic carbocycles. The Morgan fingerprint density at radius 3 is 2.78 bits per heavy atom. The Labute approximate surface area is 107 Å². The first-order valence-electron chi connectivity index (χ1n) is 5.77. The minimum Gasteiger partial charge on any atom is -0.396 e. The summed E-state index contributed by atoms with van der Waals surface area (Å²) in [4.78, 5) is 4.39. The predicted octanol–water partition coefficient (Wildman–Crippen LogP) is 2.86. The second-order valence-corrected chi connectivity index (χ2v) is 4.11. The van der Waals surface area contributed by atoms with Crippen LogP contribution in [-0.2, 0) is 11.3 Å². The molecule has 0 aliphatic carbocycles. The number of benzene rings is 1. The van der Waals surface area contributed by atoms with Crippen molar-refractivity contribution in [2.45, 2.75) is 13.5 Å². The largest absolute Gasteiger partial charge is 0.396 e. The first kappa shape index (κ1) is 12.4. The van der Waals surface area contributed by atoms with Crippen LogP contribution in [0.5, 0.6) is 0 Å². The van der Waals surface area contributed by atoms with Gasteiger partial charge < -0.3 is 15.8 Å². The van der Waals surface area contributed by atoms with Gasteiger partial charge in [-0.1, -0.05) is 18.2 Å². The fourth-order valence-corrected chi connectivity index (χ4v) is 1.72. The Hall–Kier alpha value is -2.07. The van der Waals surface area contributed by atoms with Gasteiger partial charge in [0.05, 0.1) is 12.3 Å². The van der Waals surface area contributed by atoms with Crippen LogP contribution in [0.1, 0.15) is 11.3 Å². The molecule has 0 unspecified atom stereocenters. The maximum Gasteiger partial charge on any atom is 0.153 e. The van der Waals surface area contributed by atoms with Gasteiger partial charge in [-0.25, -0.2) is 4.98 Å². The molecule has 94 valence electrons. The van der Waals surface area contributed by atoms with Crippen LogP contribution in [0.25, 0.3) is 0 Å². The van der Waals surface area contributed by atoms with Crippen LogP contribution in [0.2, 0.25) is 0 Å². The Morgan fingerprint density at radius 1 is 1.22 bits per heavy atom. The van der Waals surface area contributed by atoms with Gasteiger partial charge in [0.1, 0.15) is 0 Å². The molecule has 18 heavy (non-hydrogen) atoms. The van der Waals surface area contributed by atoms with Crippen LogP contribution in [0.4, 0.5) is 17.2 Å². The van der Waals surface area contributed by atoms with Gasteiger partial charge in [0.25, 0.3) is 0 Å². The third-order valence-electron chi connectivity index (χ3n) is 2.64. The molecule has 0 bridgehead atoms. The van der Waals surface area contributed by atoms with Crippen molar-refractivity contribution < 1.29 is 4.74 Å². The summed E-state index contributed by atoms with van der Waals surface area (Å²) in [6.07, 6.45) is 0. The maximum atomic E-state index is 5.91. The zero-order valence-corrected chi connectivity index (χ0v) is 10.6. The fourth-order valence-electron chi connectivity index (χ4n) is 1.72. The van der Waals surface area contributed by atoms with Gasteiger partial charge in [-0.2, -0.15) is 0 Å². The lowest BCUT2D eigenvalue weighted by molar-refractivity contribution is 0.185. The molecule has 0 radical (unpaired) electrons. The van der Waals surface area contributed by atoms with E-state index in [1.54, 1.807) is 7.11 Å². The van der Waals surface area contributed by atoms with Crippen molar-refractivity contribution in [3.63, 3.8) is 0 Å². The molecule has 0 aliphatic heterocycles. The molecule has 4 nitrogen and oxygen atoms in total. The number of anilines is 3. The highest BCUT2D eigenvalue weighted by Crippen LogP contribution is 2.24. The number of para-hydroxylation sites is 1. The fraction of sp³-hybridized carbons (Fsp3) is 0.214. The van der Waals surface area contributed by atoms with Gasteiger partial charge in [0.15, 0.2) is 5.82 Å². The van der Waals surface area contributed by atoms with Gasteiger partial charge in [-0.3, -0.25) is 0 Å². The van der Waals surface area contributed by atoms with Crippen molar-refractivity contribution in [1.82, 2.24) is 4.98 Å². The van der Waals surface area contributed by atoms with Crippen LogP contribution in [0.15, 0.2) is 36.4 Å². The molecule has 2 aromatic rings. The molecule has 0 saturated heterocycles. The zero-order valence-electron chi connectivity index (χ0n) is 10.6. The van der Waals surface area contributed by atoms with E-state index in [0.29, 0.717) is 18.1 Å². The van der Waals surface area contributed by atoms with Crippen molar-refractivity contribution in [1.29, 1.82) is 0 Å². The van der Waals surface area contributed by atoms with Crippen LogP contribution in [0, 0.1) is 6.92 Å². The highest BCUT2D eigenvalue weighted by Gasteiger charge is 2.05. The van der Waals surface area contributed by atoms with E-state index in [-0.39, 0.29) is 0 Å². The predicted molar refractivity (Wildman–Crippen MR) is 73.8 cm³/mol. The highest BCUT2D eigenvalue weighted by molar-refractivity contribution is 5.70. The zero-order chi connectivity index (χ0) is 13.0. The molecular weight excluding hydrogens is 226 g/mol. The first-order valence-corrected chi connectivity index (χ1v) is 5.77. The number of pyridine rings is 1. The average Bonchev–Trinajstić information content (AvgIpc) is 2.36. The molecule has 3 N–H and O–H groups in total. The molecule has 0 atom stereocenters. The van der Waals surface area contributed by atoms with Crippen LogP contribution < -0.4 is 11.1 Å². The molecule has 1 aromatic heterocycles. The van der Waals surface area contributed by atoms with E-state index < -0.39 is 0 Å². The topological polar surface area (TPSA) is 60.2 Å². The van der Waals surface area contributed by atoms with E-state index in [2.05, 4.69) is 10.3 Å². The van der Waals surface area contributed by atoms with E-state index >= 15 is 0 Å². The number of rotatable bonds is 4. The highest BCUT2D eigenvalue weighted by atomic mass is 16.5. The summed E-state index contributed by atoms with van der Waals surface area (Å²) in [6.45, 7) is 2.49. The molecule has 2 rings (SSSR count). The van der Waals surface area contributed by atoms with E-state index in [1.165, 1.54) is 0 Å². The summed E-state index contributed by atoms with van der Waals surface area (Å²) in [5.74, 6) is 0.679. The maximum absolute atomic E-state index is 5.91. The minimum absolute atomic E-state index is 0.550. The van der Waals surface area contributed by atoms with Crippen molar-refractivity contribution in [3.8, 4) is 0 Å². The lowest BCUT2D eigenvalue weighted by atomic mass is 10.2. The first-order chi connectivity index (χ1) is 8.70. The lowest BCUT2D eigenvalue weighted by Crippen LogP contribution is -2.02. The lowest BCUT2D eigenvalue weighted by Gasteiger charge is -2.12. The number of ether oxygens (including phenoxy) is 1. The molecule has 0 saturated carbocycles. The van der Waals surface area contributed by atoms with Crippen molar-refractivity contribution in [2.24, 2.45) is 0 Å². The standard InChI is InChI=1S/C14H17N3O/c1-10-7-8-12(15)14(16-10)17-13-6-4-3-5-11(13)9-18-2/h3-8H,9,15H2,1-2H3,(H,16,17). The summed E-state index contributed by atoms with van der Waals surface area (Å²) in [6, 6.07) is 11.7. The Balaban J connectivity index is 2.30. The smallest absolute Gasteiger partial charge is 0.153 e. The molecular formula is C14H17N3O. The second kappa shape index (κ2) is 5.51. The number of hydrogen-bond donors (Lipinski definition) is 2. The van der Waals surface area contributed by atoms with Gasteiger partial charge in [0, 0.05) is 24.1 Å². The summed E-state index contributed by atoms with van der Waals surface area (Å²) in [5.41, 5.74) is 9.50. The quantitative estimate of drug-likeness (QED) is 0.866. The summed E-state index contributed by atoms with van der Waals surface area (Å²) in [7, 11) is 1.68. The summed E-state index contributed by atoms with van der Waals surface area (Å²) in [5, 5.41) is 3.25. The Kier molecular flexibility index (Phi) is 3.79. The molecule has 0 aliphatic rings. The number of nitrogens with zero attached hydrogens (tertiary/aromatic N) is 1. The SMILES string of the molecule is COCc1ccccc1Nc1nc(C)ccc1N. The number of nitrogens with two attached hydrogens (primary N) is 1. The van der Waals surface area contributed by atoms with Crippen LogP contribution in [0.3, 0.4) is 0 Å². The minimum atomic E-state index is 0.550. The monoisotopic (exact) mass is 243 g/mol. The van der Waals surface area contributed by atoms with Gasteiger partial charge in [-0.15, -0.1) is 0 Å². The number of methoxy groups -OCH3 is 1. The summed E-state index contributed by atoms with van der Waals surface area (Å²) < 4.78 is 5.17. The third-order valence-corrected chi connectivity index (χ3v) is 2.64. The number of aromatic nitrogens is 1. The van der Waals surface area contributed by atoms with E-state index in [1.807, 2.05) is 43.3 Å². The van der Waals surface area contributed by atoms with Gasteiger partial charge in [-0.05, 0) is 25.1 Å². The number of aryl methyl sites for hydroxylation is 1. The summed E-state index contributed by atoms with van der Waals surface area (Å²) >= 11 is 0. The second-order valence-electron chi connectivity index (χ2n) is 4.11. The van der Waals surface area contributed by atoms with Gasteiger partial charge >= 0.3 is 0 Å². The molecule has 1 heterocycles. The van der Waals surface area contributed by atoms with Gasteiger partial charge in [0.2, 0.25) is 0 Å².